The van der Waals surface area contributed by atoms with Gasteiger partial charge in [-0.15, -0.1) is 0 Å². The van der Waals surface area contributed by atoms with E-state index in [0.717, 1.165) is 39.0 Å². The van der Waals surface area contributed by atoms with Gasteiger partial charge in [-0.3, -0.25) is 0 Å². The first-order valence-corrected chi connectivity index (χ1v) is 17.2. The average molecular weight is 630 g/mol. The molecule has 0 fully saturated rings. The van der Waals surface area contributed by atoms with Gasteiger partial charge in [0.25, 0.3) is 0 Å². The maximum Gasteiger partial charge on any atom is 0.143 e. The van der Waals surface area contributed by atoms with Crippen molar-refractivity contribution in [1.29, 1.82) is 0 Å². The summed E-state index contributed by atoms with van der Waals surface area (Å²) in [6, 6.07) is 57.6. The molecule has 2 nitrogen and oxygen atoms in total. The van der Waals surface area contributed by atoms with E-state index in [2.05, 4.69) is 183 Å². The summed E-state index contributed by atoms with van der Waals surface area (Å²) in [6.07, 6.45) is 0. The molecule has 0 saturated carbocycles. The number of rotatable bonds is 4. The molecule has 0 aliphatic heterocycles. The SMILES string of the molecule is CC1(C)c2ccccc2-c2ccc(N(c3ccccc3)c3ccc4c(c3)C(C)(c3ccccc3)c3ccc5c(oc6ccccc65)c3-4)cc21. The topological polar surface area (TPSA) is 16.4 Å². The molecule has 10 rings (SSSR count). The molecular weight excluding hydrogens is 595 g/mol. The van der Waals surface area contributed by atoms with E-state index in [9.17, 15) is 0 Å². The minimum Gasteiger partial charge on any atom is -0.455 e. The lowest BCUT2D eigenvalue weighted by molar-refractivity contribution is 0.660. The summed E-state index contributed by atoms with van der Waals surface area (Å²) in [5.74, 6) is 0. The minimum absolute atomic E-state index is 0.0896. The van der Waals surface area contributed by atoms with Crippen LogP contribution in [0, 0.1) is 0 Å². The lowest BCUT2D eigenvalue weighted by Gasteiger charge is -2.31. The van der Waals surface area contributed by atoms with Crippen molar-refractivity contribution in [2.45, 2.75) is 31.6 Å². The van der Waals surface area contributed by atoms with Crippen LogP contribution in [-0.4, -0.2) is 0 Å². The van der Waals surface area contributed by atoms with E-state index in [1.165, 1.54) is 50.1 Å². The molecule has 0 bridgehead atoms. The highest BCUT2D eigenvalue weighted by atomic mass is 16.3. The van der Waals surface area contributed by atoms with Crippen molar-refractivity contribution in [3.63, 3.8) is 0 Å². The van der Waals surface area contributed by atoms with Gasteiger partial charge in [0.1, 0.15) is 11.2 Å². The average Bonchev–Trinajstić information content (AvgIpc) is 3.73. The smallest absolute Gasteiger partial charge is 0.143 e. The van der Waals surface area contributed by atoms with Crippen molar-refractivity contribution in [1.82, 2.24) is 0 Å². The predicted octanol–water partition coefficient (Wildman–Crippen LogP) is 12.7. The molecule has 8 aromatic rings. The standard InChI is InChI=1S/C47H35NO/c1-46(2)39-20-12-10-18-34(39)35-24-22-32(28-41(35)46)48(31-16-8-5-9-17-31)33-23-25-38-42(29-33)47(3,30-14-6-4-7-15-30)40-27-26-37-36-19-11-13-21-43(36)49-45(37)44(38)40/h4-29H,1-3H3. The highest BCUT2D eigenvalue weighted by Gasteiger charge is 2.43. The van der Waals surface area contributed by atoms with Gasteiger partial charge in [-0.05, 0) is 93.9 Å². The summed E-state index contributed by atoms with van der Waals surface area (Å²) < 4.78 is 6.68. The molecule has 2 heteroatoms. The van der Waals surface area contributed by atoms with Crippen LogP contribution in [0.4, 0.5) is 17.1 Å². The third kappa shape index (κ3) is 3.83. The van der Waals surface area contributed by atoms with Gasteiger partial charge in [-0.1, -0.05) is 129 Å². The normalized spacial score (nSPS) is 16.7. The van der Waals surface area contributed by atoms with Crippen LogP contribution in [0.15, 0.2) is 162 Å². The predicted molar refractivity (Wildman–Crippen MR) is 203 cm³/mol. The Morgan fingerprint density at radius 3 is 1.88 bits per heavy atom. The van der Waals surface area contributed by atoms with Crippen LogP contribution in [0.5, 0.6) is 0 Å². The molecule has 2 aliphatic carbocycles. The van der Waals surface area contributed by atoms with Crippen LogP contribution in [0.1, 0.15) is 48.6 Å². The van der Waals surface area contributed by atoms with Crippen molar-refractivity contribution >= 4 is 39.0 Å². The quantitative estimate of drug-likeness (QED) is 0.193. The first-order valence-electron chi connectivity index (χ1n) is 17.2. The van der Waals surface area contributed by atoms with E-state index < -0.39 is 0 Å². The number of hydrogen-bond acceptors (Lipinski definition) is 2. The Morgan fingerprint density at radius 1 is 0.449 bits per heavy atom. The maximum atomic E-state index is 6.68. The third-order valence-electron chi connectivity index (χ3n) is 11.3. The van der Waals surface area contributed by atoms with Crippen LogP contribution in [-0.2, 0) is 10.8 Å². The molecule has 0 N–H and O–H groups in total. The highest BCUT2D eigenvalue weighted by Crippen LogP contribution is 2.57. The number of fused-ring (bicyclic) bond motifs is 10. The fraction of sp³-hybridized carbons (Fsp3) is 0.106. The summed E-state index contributed by atoms with van der Waals surface area (Å²) in [6.45, 7) is 7.09. The summed E-state index contributed by atoms with van der Waals surface area (Å²) >= 11 is 0. The Hall–Kier alpha value is -5.86. The van der Waals surface area contributed by atoms with Crippen molar-refractivity contribution in [3.8, 4) is 22.3 Å². The zero-order valence-electron chi connectivity index (χ0n) is 27.9. The molecule has 0 radical (unpaired) electrons. The van der Waals surface area contributed by atoms with E-state index in [0.29, 0.717) is 0 Å². The van der Waals surface area contributed by atoms with Crippen molar-refractivity contribution in [2.24, 2.45) is 0 Å². The van der Waals surface area contributed by atoms with Crippen molar-refractivity contribution < 1.29 is 4.42 Å². The highest BCUT2D eigenvalue weighted by molar-refractivity contribution is 6.12. The second kappa shape index (κ2) is 10.1. The van der Waals surface area contributed by atoms with Crippen molar-refractivity contribution in [2.75, 3.05) is 4.90 Å². The van der Waals surface area contributed by atoms with Gasteiger partial charge >= 0.3 is 0 Å². The van der Waals surface area contributed by atoms with Gasteiger partial charge < -0.3 is 9.32 Å². The van der Waals surface area contributed by atoms with Gasteiger partial charge in [-0.2, -0.15) is 0 Å². The van der Waals surface area contributed by atoms with Crippen LogP contribution in [0.2, 0.25) is 0 Å². The van der Waals surface area contributed by atoms with Gasteiger partial charge in [0, 0.05) is 44.2 Å². The lowest BCUT2D eigenvalue weighted by atomic mass is 9.74. The molecule has 0 saturated heterocycles. The molecule has 7 aromatic carbocycles. The van der Waals surface area contributed by atoms with E-state index in [4.69, 9.17) is 4.42 Å². The van der Waals surface area contributed by atoms with Crippen LogP contribution in [0.25, 0.3) is 44.2 Å². The van der Waals surface area contributed by atoms with E-state index in [1.807, 2.05) is 0 Å². The molecule has 1 aromatic heterocycles. The van der Waals surface area contributed by atoms with Crippen LogP contribution < -0.4 is 4.90 Å². The van der Waals surface area contributed by atoms with Crippen molar-refractivity contribution in [3.05, 3.63) is 186 Å². The zero-order chi connectivity index (χ0) is 32.9. The summed E-state index contributed by atoms with van der Waals surface area (Å²) in [7, 11) is 0. The molecule has 2 aliphatic rings. The summed E-state index contributed by atoms with van der Waals surface area (Å²) in [5, 5.41) is 2.32. The fourth-order valence-electron chi connectivity index (χ4n) is 8.86. The third-order valence-corrected chi connectivity index (χ3v) is 11.3. The van der Waals surface area contributed by atoms with Gasteiger partial charge in [0.2, 0.25) is 0 Å². The lowest BCUT2D eigenvalue weighted by Crippen LogP contribution is -2.23. The second-order valence-corrected chi connectivity index (χ2v) is 14.3. The van der Waals surface area contributed by atoms with E-state index >= 15 is 0 Å². The van der Waals surface area contributed by atoms with Crippen LogP contribution >= 0.6 is 0 Å². The van der Waals surface area contributed by atoms with E-state index in [-0.39, 0.29) is 10.8 Å². The number of furan rings is 1. The molecule has 0 amide bonds. The minimum atomic E-state index is -0.376. The van der Waals surface area contributed by atoms with Crippen LogP contribution in [0.3, 0.4) is 0 Å². The summed E-state index contributed by atoms with van der Waals surface area (Å²) in [5.41, 5.74) is 16.5. The number of para-hydroxylation sites is 2. The molecule has 1 heterocycles. The molecule has 1 unspecified atom stereocenters. The Labute approximate surface area is 286 Å². The number of anilines is 3. The molecule has 1 atom stereocenters. The second-order valence-electron chi connectivity index (χ2n) is 14.3. The number of nitrogens with zero attached hydrogens (tertiary/aromatic N) is 1. The zero-order valence-corrected chi connectivity index (χ0v) is 27.9. The Balaban J connectivity index is 1.21. The molecular formula is C47H35NO. The Kier molecular flexibility index (Phi) is 5.79. The maximum absolute atomic E-state index is 6.68. The Morgan fingerprint density at radius 2 is 1.08 bits per heavy atom. The molecule has 49 heavy (non-hydrogen) atoms. The van der Waals surface area contributed by atoms with Gasteiger partial charge in [0.05, 0.1) is 0 Å². The fourth-order valence-corrected chi connectivity index (χ4v) is 8.86. The monoisotopic (exact) mass is 629 g/mol. The summed E-state index contributed by atoms with van der Waals surface area (Å²) in [4.78, 5) is 2.42. The Bertz CT molecular complexity index is 2590. The molecule has 234 valence electrons. The van der Waals surface area contributed by atoms with Gasteiger partial charge in [0.15, 0.2) is 0 Å². The largest absolute Gasteiger partial charge is 0.455 e. The number of benzene rings is 7. The first-order chi connectivity index (χ1) is 23.9. The first kappa shape index (κ1) is 28.2. The number of hydrogen-bond donors (Lipinski definition) is 0. The van der Waals surface area contributed by atoms with E-state index in [1.54, 1.807) is 0 Å². The van der Waals surface area contributed by atoms with Gasteiger partial charge in [-0.25, -0.2) is 0 Å². The molecule has 0 spiro atoms.